The molecule has 0 amide bonds. The third-order valence-electron chi connectivity index (χ3n) is 9.48. The molecule has 0 atom stereocenters. The Labute approximate surface area is 381 Å². The predicted octanol–water partition coefficient (Wildman–Crippen LogP) is 14.1. The number of pyridine rings is 6. The van der Waals surface area contributed by atoms with E-state index in [0.29, 0.717) is 10.0 Å². The van der Waals surface area contributed by atoms with Gasteiger partial charge >= 0.3 is 0 Å². The molecule has 0 bridgehead atoms. The van der Waals surface area contributed by atoms with Gasteiger partial charge in [0.25, 0.3) is 0 Å². The average molecular weight is 930 g/mol. The topological polar surface area (TPSA) is 141 Å². The highest BCUT2D eigenvalue weighted by Crippen LogP contribution is 2.34. The van der Waals surface area contributed by atoms with Crippen molar-refractivity contribution in [2.45, 2.75) is 0 Å². The Morgan fingerprint density at radius 2 is 0.937 bits per heavy atom. The number of nitrogens with zero attached hydrogens (tertiary/aromatic N) is 6. The molecule has 4 aromatic carbocycles. The molecule has 0 unspecified atom stereocenters. The Hall–Kier alpha value is -7.44. The van der Waals surface area contributed by atoms with Crippen molar-refractivity contribution in [3.63, 3.8) is 0 Å². The number of halogens is 3. The lowest BCUT2D eigenvalue weighted by Crippen LogP contribution is -1.91. The summed E-state index contributed by atoms with van der Waals surface area (Å²) < 4.78 is 7.08. The number of aromatic nitrogens is 6. The monoisotopic (exact) mass is 927 g/mol. The third-order valence-corrected chi connectivity index (χ3v) is 10.6. The van der Waals surface area contributed by atoms with Crippen LogP contribution in [0.4, 0.5) is 28.4 Å². The van der Waals surface area contributed by atoms with Crippen molar-refractivity contribution in [1.82, 2.24) is 29.9 Å². The molecule has 4 N–H and O–H groups in total. The SMILES string of the molecule is Clc1cncc2ccc(Br)cc12.Clc1cncc2ccc(Nc3ccncc3)cc12.Nc1ccncc1.c1ccc2oc(-c3cncc4ccc(Nc5ccncc5)cc34)cc2c1. The highest BCUT2D eigenvalue weighted by Gasteiger charge is 2.11. The van der Waals surface area contributed by atoms with Gasteiger partial charge in [0.15, 0.2) is 0 Å². The highest BCUT2D eigenvalue weighted by atomic mass is 79.9. The Morgan fingerprint density at radius 3 is 1.49 bits per heavy atom. The quantitative estimate of drug-likeness (QED) is 0.153. The number of anilines is 5. The fourth-order valence-corrected chi connectivity index (χ4v) is 7.23. The van der Waals surface area contributed by atoms with Crippen LogP contribution < -0.4 is 16.4 Å². The average Bonchev–Trinajstić information content (AvgIpc) is 3.76. The third kappa shape index (κ3) is 11.1. The predicted molar refractivity (Wildman–Crippen MR) is 262 cm³/mol. The van der Waals surface area contributed by atoms with Crippen LogP contribution in [0.25, 0.3) is 54.6 Å². The van der Waals surface area contributed by atoms with E-state index in [0.717, 1.165) is 87.5 Å². The van der Waals surface area contributed by atoms with Crippen molar-refractivity contribution in [3.8, 4) is 11.3 Å². The van der Waals surface area contributed by atoms with E-state index in [-0.39, 0.29) is 0 Å². The summed E-state index contributed by atoms with van der Waals surface area (Å²) in [6, 6.07) is 39.5. The molecular formula is C50H36BrCl2N9O. The molecule has 0 saturated carbocycles. The van der Waals surface area contributed by atoms with Crippen molar-refractivity contribution in [1.29, 1.82) is 0 Å². The molecule has 11 rings (SSSR count). The maximum Gasteiger partial charge on any atom is 0.137 e. The lowest BCUT2D eigenvalue weighted by atomic mass is 10.0. The molecule has 0 spiro atoms. The van der Waals surface area contributed by atoms with Crippen molar-refractivity contribution >= 4 is 111 Å². The van der Waals surface area contributed by atoms with Crippen LogP contribution >= 0.6 is 39.1 Å². The number of para-hydroxylation sites is 1. The molecule has 11 aromatic rings. The van der Waals surface area contributed by atoms with Gasteiger partial charge in [0.1, 0.15) is 11.3 Å². The molecule has 13 heteroatoms. The van der Waals surface area contributed by atoms with E-state index in [1.165, 1.54) is 0 Å². The van der Waals surface area contributed by atoms with E-state index in [1.54, 1.807) is 74.1 Å². The van der Waals surface area contributed by atoms with Crippen molar-refractivity contribution in [2.24, 2.45) is 0 Å². The Balaban J connectivity index is 0.000000127. The van der Waals surface area contributed by atoms with E-state index in [2.05, 4.69) is 80.7 Å². The molecule has 0 aliphatic heterocycles. The number of fused-ring (bicyclic) bond motifs is 4. The second-order valence-electron chi connectivity index (χ2n) is 13.8. The van der Waals surface area contributed by atoms with Gasteiger partial charge in [-0.3, -0.25) is 29.9 Å². The standard InChI is InChI=1S/C22H15N3O.C14H10ClN3.C9H5BrClN.C5H6N2/c1-2-4-21-15(3-1)11-22(26-21)20-14-24-13-16-5-6-18(12-19(16)20)25-17-7-9-23-10-8-17;15-14-9-17-8-10-1-2-12(7-13(10)14)18-11-3-5-16-6-4-11;10-7-2-1-6-4-12-5-9(11)8(6)3-7;6-5-1-3-7-4-2-5/h1-14H,(H,23,25);1-9H,(H,16,18);1-5H;1-4H,(H2,6,7). The summed E-state index contributed by atoms with van der Waals surface area (Å²) in [5.74, 6) is 0.824. The maximum absolute atomic E-state index is 6.13. The van der Waals surface area contributed by atoms with Crippen LogP contribution in [-0.2, 0) is 0 Å². The summed E-state index contributed by atoms with van der Waals surface area (Å²) in [5.41, 5.74) is 11.9. The second kappa shape index (κ2) is 20.4. The van der Waals surface area contributed by atoms with Crippen molar-refractivity contribution in [3.05, 3.63) is 210 Å². The minimum Gasteiger partial charge on any atom is -0.456 e. The smallest absolute Gasteiger partial charge is 0.137 e. The number of nitrogens with one attached hydrogen (secondary N) is 2. The number of hydrogen-bond donors (Lipinski definition) is 3. The van der Waals surface area contributed by atoms with Gasteiger partial charge in [-0.25, -0.2) is 0 Å². The van der Waals surface area contributed by atoms with Crippen LogP contribution in [-0.4, -0.2) is 29.9 Å². The largest absolute Gasteiger partial charge is 0.456 e. The zero-order valence-electron chi connectivity index (χ0n) is 33.3. The number of nitrogen functional groups attached to an aromatic ring is 1. The molecule has 0 radical (unpaired) electrons. The molecule has 7 aromatic heterocycles. The van der Waals surface area contributed by atoms with Gasteiger partial charge in [0.2, 0.25) is 0 Å². The number of nitrogens with two attached hydrogens (primary N) is 1. The van der Waals surface area contributed by atoms with Crippen LogP contribution in [0.3, 0.4) is 0 Å². The number of benzene rings is 4. The molecule has 0 aliphatic carbocycles. The van der Waals surface area contributed by atoms with Crippen LogP contribution in [0.15, 0.2) is 205 Å². The molecule has 10 nitrogen and oxygen atoms in total. The zero-order valence-corrected chi connectivity index (χ0v) is 36.4. The van der Waals surface area contributed by atoms with E-state index in [1.807, 2.05) is 97.3 Å². The molecule has 0 fully saturated rings. The summed E-state index contributed by atoms with van der Waals surface area (Å²) in [7, 11) is 0. The van der Waals surface area contributed by atoms with E-state index in [9.17, 15) is 0 Å². The Morgan fingerprint density at radius 1 is 0.444 bits per heavy atom. The van der Waals surface area contributed by atoms with Crippen LogP contribution in [0.2, 0.25) is 10.0 Å². The normalized spacial score (nSPS) is 10.5. The highest BCUT2D eigenvalue weighted by molar-refractivity contribution is 9.10. The second-order valence-corrected chi connectivity index (χ2v) is 15.5. The molecular weight excluding hydrogens is 893 g/mol. The Kier molecular flexibility index (Phi) is 13.7. The van der Waals surface area contributed by atoms with E-state index >= 15 is 0 Å². The first-order valence-corrected chi connectivity index (χ1v) is 21.0. The summed E-state index contributed by atoms with van der Waals surface area (Å²) in [4.78, 5) is 24.2. The first-order valence-electron chi connectivity index (χ1n) is 19.4. The van der Waals surface area contributed by atoms with Gasteiger partial charge in [0.05, 0.1) is 10.0 Å². The molecule has 0 saturated heterocycles. The van der Waals surface area contributed by atoms with Crippen LogP contribution in [0.5, 0.6) is 0 Å². The molecule has 0 aliphatic rings. The molecule has 7 heterocycles. The number of rotatable bonds is 5. The Bertz CT molecular complexity index is 3220. The van der Waals surface area contributed by atoms with Gasteiger partial charge in [-0.05, 0) is 90.3 Å². The van der Waals surface area contributed by atoms with E-state index < -0.39 is 0 Å². The summed E-state index contributed by atoms with van der Waals surface area (Å²) >= 11 is 15.5. The molecule has 63 heavy (non-hydrogen) atoms. The lowest BCUT2D eigenvalue weighted by molar-refractivity contribution is 0.632. The first-order chi connectivity index (χ1) is 30.9. The minimum atomic E-state index is 0.658. The van der Waals surface area contributed by atoms with Gasteiger partial charge in [0, 0.05) is 145 Å². The fourth-order valence-electron chi connectivity index (χ4n) is 6.43. The van der Waals surface area contributed by atoms with Gasteiger partial charge in [-0.15, -0.1) is 0 Å². The zero-order chi connectivity index (χ0) is 43.4. The summed E-state index contributed by atoms with van der Waals surface area (Å²) in [5, 5.41) is 15.4. The van der Waals surface area contributed by atoms with Crippen LogP contribution in [0.1, 0.15) is 0 Å². The van der Waals surface area contributed by atoms with Crippen LogP contribution in [0, 0.1) is 0 Å². The lowest BCUT2D eigenvalue weighted by Gasteiger charge is -2.09. The first kappa shape index (κ1) is 42.3. The fraction of sp³-hybridized carbons (Fsp3) is 0. The number of hydrogen-bond acceptors (Lipinski definition) is 10. The summed E-state index contributed by atoms with van der Waals surface area (Å²) in [6.45, 7) is 0. The number of furan rings is 1. The van der Waals surface area contributed by atoms with Gasteiger partial charge < -0.3 is 20.8 Å². The minimum absolute atomic E-state index is 0.658. The van der Waals surface area contributed by atoms with Gasteiger partial charge in [-0.2, -0.15) is 0 Å². The van der Waals surface area contributed by atoms with E-state index in [4.69, 9.17) is 33.4 Å². The maximum atomic E-state index is 6.13. The summed E-state index contributed by atoms with van der Waals surface area (Å²) in [6.07, 6.45) is 21.0. The molecule has 308 valence electrons. The van der Waals surface area contributed by atoms with Crippen molar-refractivity contribution < 1.29 is 4.42 Å². The van der Waals surface area contributed by atoms with Gasteiger partial charge in [-0.1, -0.05) is 75.5 Å². The van der Waals surface area contributed by atoms with Crippen molar-refractivity contribution in [2.75, 3.05) is 16.4 Å².